The number of allylic oxidation sites excluding steroid dienone is 11. The second kappa shape index (κ2) is 13.5. The Kier molecular flexibility index (Phi) is 9.72. The summed E-state index contributed by atoms with van der Waals surface area (Å²) in [5.74, 6) is 2.28. The second-order valence-corrected chi connectivity index (χ2v) is 6.60. The van der Waals surface area contributed by atoms with Gasteiger partial charge in [-0.15, -0.1) is 0 Å². The Morgan fingerprint density at radius 3 is 1.69 bits per heavy atom. The van der Waals surface area contributed by atoms with E-state index in [1.807, 2.05) is 18.2 Å². The highest BCUT2D eigenvalue weighted by molar-refractivity contribution is 5.94. The minimum Gasteiger partial charge on any atom is -0.258 e. The minimum atomic E-state index is -0.192. The highest BCUT2D eigenvalue weighted by Crippen LogP contribution is 2.28. The zero-order valence-electron chi connectivity index (χ0n) is 18.4. The number of rotatable bonds is 7. The van der Waals surface area contributed by atoms with Crippen molar-refractivity contribution in [2.75, 3.05) is 0 Å². The topological polar surface area (TPSA) is 104 Å². The molecule has 0 amide bonds. The third kappa shape index (κ3) is 6.51. The van der Waals surface area contributed by atoms with E-state index in [0.29, 0.717) is 16.7 Å². The van der Waals surface area contributed by atoms with Gasteiger partial charge in [-0.05, 0) is 29.1 Å². The van der Waals surface area contributed by atoms with E-state index >= 15 is 0 Å². The molecule has 6 nitrogen and oxygen atoms in total. The maximum Gasteiger partial charge on any atom is 0.270 e. The van der Waals surface area contributed by atoms with Crippen molar-refractivity contribution < 1.29 is 0 Å². The van der Waals surface area contributed by atoms with Crippen LogP contribution in [0, 0.1) is 52.5 Å². The molecule has 1 N–H and O–H groups in total. The van der Waals surface area contributed by atoms with Gasteiger partial charge in [0.05, 0.1) is 36.9 Å². The third-order valence-corrected chi connectivity index (χ3v) is 4.58. The van der Waals surface area contributed by atoms with Gasteiger partial charge in [-0.25, -0.2) is 20.2 Å². The van der Waals surface area contributed by atoms with Crippen molar-refractivity contribution in [3.8, 4) is 18.2 Å². The first-order valence-corrected chi connectivity index (χ1v) is 10.0. The van der Waals surface area contributed by atoms with Crippen molar-refractivity contribution in [2.24, 2.45) is 0 Å². The summed E-state index contributed by atoms with van der Waals surface area (Å²) in [6, 6.07) is 23.3. The largest absolute Gasteiger partial charge is 0.270 e. The van der Waals surface area contributed by atoms with Gasteiger partial charge in [-0.1, -0.05) is 78.9 Å². The molecule has 0 atom stereocenters. The third-order valence-electron chi connectivity index (χ3n) is 4.58. The number of benzene rings is 2. The molecule has 2 aromatic carbocycles. The van der Waals surface area contributed by atoms with Crippen molar-refractivity contribution in [3.05, 3.63) is 148 Å². The molecule has 0 saturated heterocycles. The number of nitriles is 3. The molecule has 0 fully saturated rings. The van der Waals surface area contributed by atoms with Crippen molar-refractivity contribution >= 4 is 17.0 Å². The van der Waals surface area contributed by atoms with Crippen LogP contribution in [0.4, 0.5) is 0 Å². The Labute approximate surface area is 204 Å². The summed E-state index contributed by atoms with van der Waals surface area (Å²) in [5, 5.41) is 36.1. The number of nitrogens with one attached hydrogen (secondary N) is 1. The monoisotopic (exact) mass is 448 g/mol. The molecule has 6 heteroatoms. The Morgan fingerprint density at radius 1 is 0.714 bits per heavy atom. The van der Waals surface area contributed by atoms with Gasteiger partial charge in [0.15, 0.2) is 0 Å². The summed E-state index contributed by atoms with van der Waals surface area (Å²) in [5.41, 5.74) is 1.74. The highest BCUT2D eigenvalue weighted by atomic mass is 14.7. The first-order chi connectivity index (χ1) is 17.1. The van der Waals surface area contributed by atoms with Crippen LogP contribution in [0.3, 0.4) is 0 Å². The van der Waals surface area contributed by atoms with Crippen LogP contribution in [-0.4, -0.2) is 5.87 Å². The van der Waals surface area contributed by atoms with E-state index in [-0.39, 0.29) is 28.1 Å². The first kappa shape index (κ1) is 25.3. The van der Waals surface area contributed by atoms with E-state index in [1.165, 1.54) is 12.2 Å². The fourth-order valence-corrected chi connectivity index (χ4v) is 3.05. The molecule has 0 aliphatic rings. The molecule has 162 valence electrons. The van der Waals surface area contributed by atoms with E-state index in [1.54, 1.807) is 78.9 Å². The molecule has 0 saturated carbocycles. The lowest BCUT2D eigenvalue weighted by Gasteiger charge is -2.07. The fraction of sp³-hybridized carbons (Fsp3) is 0. The van der Waals surface area contributed by atoms with E-state index in [4.69, 9.17) is 18.6 Å². The van der Waals surface area contributed by atoms with Gasteiger partial charge in [0.2, 0.25) is 0 Å². The van der Waals surface area contributed by atoms with Gasteiger partial charge >= 0.3 is 0 Å². The lowest BCUT2D eigenvalue weighted by molar-refractivity contribution is 1.46. The molecule has 0 unspecified atom stereocenters. The van der Waals surface area contributed by atoms with Crippen LogP contribution in [0.15, 0.2) is 114 Å². The average Bonchev–Trinajstić information content (AvgIpc) is 2.92. The standard InChI is InChI=1S/C29H16N6/c1-34-26(20-32)28(22-12-6-3-7-13-22)24(18-30)16-10-5-11-17-25(19-31)29(27(21-33)35-2)23-14-8-4-9-15-23/h3-17,30H. The lowest BCUT2D eigenvalue weighted by Crippen LogP contribution is -1.92. The van der Waals surface area contributed by atoms with Gasteiger partial charge in [-0.3, -0.25) is 5.41 Å². The van der Waals surface area contributed by atoms with E-state index in [0.717, 1.165) is 0 Å². The Hall–Kier alpha value is -5.96. The van der Waals surface area contributed by atoms with Crippen LogP contribution < -0.4 is 0 Å². The summed E-state index contributed by atoms with van der Waals surface area (Å²) in [7, 11) is 0. The zero-order chi connectivity index (χ0) is 25.5. The quantitative estimate of drug-likeness (QED) is 0.228. The highest BCUT2D eigenvalue weighted by Gasteiger charge is 2.14. The maximum atomic E-state index is 9.67. The molecular weight excluding hydrogens is 432 g/mol. The van der Waals surface area contributed by atoms with Crippen molar-refractivity contribution in [1.82, 2.24) is 0 Å². The number of hydrogen-bond acceptors (Lipinski definition) is 4. The summed E-state index contributed by atoms with van der Waals surface area (Å²) in [6.45, 7) is 14.6. The summed E-state index contributed by atoms with van der Waals surface area (Å²) in [4.78, 5) is 6.54. The predicted octanol–water partition coefficient (Wildman–Crippen LogP) is 6.43. The van der Waals surface area contributed by atoms with E-state index in [9.17, 15) is 15.8 Å². The minimum absolute atomic E-state index is 0.140. The van der Waals surface area contributed by atoms with E-state index < -0.39 is 0 Å². The number of nitrogens with zero attached hydrogens (tertiary/aromatic N) is 5. The van der Waals surface area contributed by atoms with Gasteiger partial charge in [0.1, 0.15) is 0 Å². The molecule has 0 bridgehead atoms. The van der Waals surface area contributed by atoms with Crippen LogP contribution in [0.2, 0.25) is 0 Å². The zero-order valence-corrected chi connectivity index (χ0v) is 18.4. The number of hydrogen-bond donors (Lipinski definition) is 1. The normalized spacial score (nSPS) is 12.1. The molecule has 0 spiro atoms. The molecular formula is C29H16N6. The molecule has 0 aliphatic heterocycles. The predicted molar refractivity (Wildman–Crippen MR) is 134 cm³/mol. The molecule has 2 rings (SSSR count). The molecule has 0 aromatic heterocycles. The lowest BCUT2D eigenvalue weighted by atomic mass is 9.96. The van der Waals surface area contributed by atoms with Crippen molar-refractivity contribution in [2.45, 2.75) is 0 Å². The average molecular weight is 448 g/mol. The molecule has 0 aliphatic carbocycles. The smallest absolute Gasteiger partial charge is 0.258 e. The van der Waals surface area contributed by atoms with Crippen LogP contribution in [0.5, 0.6) is 0 Å². The summed E-state index contributed by atoms with van der Waals surface area (Å²) < 4.78 is 0. The molecule has 2 aromatic rings. The molecule has 35 heavy (non-hydrogen) atoms. The van der Waals surface area contributed by atoms with Crippen molar-refractivity contribution in [1.29, 1.82) is 21.2 Å². The van der Waals surface area contributed by atoms with Crippen LogP contribution in [-0.2, 0) is 0 Å². The SMILES string of the molecule is [C-]#[N+]C(C#N)=C(C(=C=N)C=CC=CC=C(C#N)C(=C(C#N)[N+]#[C-])c1ccccc1)c1ccccc1. The molecule has 0 radical (unpaired) electrons. The van der Waals surface area contributed by atoms with Gasteiger partial charge < -0.3 is 0 Å². The van der Waals surface area contributed by atoms with Gasteiger partial charge in [-0.2, -0.15) is 5.26 Å². The van der Waals surface area contributed by atoms with Crippen LogP contribution >= 0.6 is 0 Å². The van der Waals surface area contributed by atoms with E-state index in [2.05, 4.69) is 15.6 Å². The summed E-state index contributed by atoms with van der Waals surface area (Å²) >= 11 is 0. The Morgan fingerprint density at radius 2 is 1.23 bits per heavy atom. The van der Waals surface area contributed by atoms with Gasteiger partial charge in [0.25, 0.3) is 11.4 Å². The first-order valence-electron chi connectivity index (χ1n) is 10.0. The Balaban J connectivity index is 2.45. The Bertz CT molecular complexity index is 1480. The van der Waals surface area contributed by atoms with Crippen molar-refractivity contribution in [3.63, 3.8) is 0 Å². The van der Waals surface area contributed by atoms with Crippen LogP contribution in [0.1, 0.15) is 11.1 Å². The maximum absolute atomic E-state index is 9.67. The fourth-order valence-electron chi connectivity index (χ4n) is 3.05. The molecule has 0 heterocycles. The van der Waals surface area contributed by atoms with Crippen LogP contribution in [0.25, 0.3) is 20.8 Å². The summed E-state index contributed by atoms with van der Waals surface area (Å²) in [6.07, 6.45) is 7.74. The van der Waals surface area contributed by atoms with Gasteiger partial charge in [0, 0.05) is 16.7 Å². The second-order valence-electron chi connectivity index (χ2n) is 6.60.